The molecule has 1 aliphatic carbocycles. The number of carbonyl (C=O) groups excluding carboxylic acids is 2. The lowest BCUT2D eigenvalue weighted by atomic mass is 9.85. The van der Waals surface area contributed by atoms with Crippen LogP contribution in [0.4, 0.5) is 5.69 Å². The van der Waals surface area contributed by atoms with Gasteiger partial charge in [-0.25, -0.2) is 0 Å². The van der Waals surface area contributed by atoms with Gasteiger partial charge in [0.1, 0.15) is 0 Å². The molecule has 110 valence electrons. The molecule has 0 radical (unpaired) electrons. The minimum absolute atomic E-state index is 0. The summed E-state index contributed by atoms with van der Waals surface area (Å²) in [5, 5.41) is 2.79. The van der Waals surface area contributed by atoms with Crippen molar-refractivity contribution in [2.75, 3.05) is 5.32 Å². The number of carbonyl (C=O) groups is 2. The van der Waals surface area contributed by atoms with Gasteiger partial charge in [0.2, 0.25) is 5.91 Å². The summed E-state index contributed by atoms with van der Waals surface area (Å²) in [5.74, 6) is -0.704. The van der Waals surface area contributed by atoms with E-state index in [0.29, 0.717) is 17.7 Å². The zero-order chi connectivity index (χ0) is 13.8. The van der Waals surface area contributed by atoms with Crippen molar-refractivity contribution < 1.29 is 9.59 Å². The lowest BCUT2D eigenvalue weighted by Gasteiger charge is -2.25. The van der Waals surface area contributed by atoms with E-state index in [1.165, 1.54) is 0 Å². The molecule has 2 rings (SSSR count). The van der Waals surface area contributed by atoms with E-state index in [1.54, 1.807) is 24.3 Å². The molecule has 20 heavy (non-hydrogen) atoms. The molecule has 1 saturated carbocycles. The van der Waals surface area contributed by atoms with Gasteiger partial charge in [-0.2, -0.15) is 0 Å². The number of rotatable bonds is 3. The Morgan fingerprint density at radius 3 is 2.55 bits per heavy atom. The Labute approximate surface area is 124 Å². The Morgan fingerprint density at radius 1 is 1.20 bits per heavy atom. The maximum atomic E-state index is 12.2. The number of amides is 2. The van der Waals surface area contributed by atoms with Crippen LogP contribution in [0.2, 0.25) is 0 Å². The van der Waals surface area contributed by atoms with E-state index >= 15 is 0 Å². The largest absolute Gasteiger partial charge is 0.366 e. The van der Waals surface area contributed by atoms with E-state index in [0.717, 1.165) is 19.3 Å². The zero-order valence-electron chi connectivity index (χ0n) is 11.2. The molecule has 2 atom stereocenters. The summed E-state index contributed by atoms with van der Waals surface area (Å²) in [5.41, 5.74) is 12.0. The molecule has 2 unspecified atom stereocenters. The second-order valence-corrected chi connectivity index (χ2v) is 5.02. The van der Waals surface area contributed by atoms with E-state index in [2.05, 4.69) is 5.32 Å². The van der Waals surface area contributed by atoms with Crippen molar-refractivity contribution in [3.05, 3.63) is 29.8 Å². The summed E-state index contributed by atoms with van der Waals surface area (Å²) >= 11 is 0. The fraction of sp³-hybridized carbons (Fsp3) is 0.429. The number of anilines is 1. The van der Waals surface area contributed by atoms with Crippen LogP contribution in [0, 0.1) is 5.92 Å². The predicted octanol–water partition coefficient (Wildman–Crippen LogP) is 1.66. The molecule has 6 heteroatoms. The van der Waals surface area contributed by atoms with Crippen molar-refractivity contribution in [3.8, 4) is 0 Å². The number of benzene rings is 1. The first-order chi connectivity index (χ1) is 9.08. The molecular weight excluding hydrogens is 278 g/mol. The highest BCUT2D eigenvalue weighted by Crippen LogP contribution is 2.25. The molecule has 1 aromatic rings. The molecule has 0 bridgehead atoms. The van der Waals surface area contributed by atoms with Gasteiger partial charge in [0, 0.05) is 12.0 Å². The van der Waals surface area contributed by atoms with Gasteiger partial charge in [-0.3, -0.25) is 9.59 Å². The topological polar surface area (TPSA) is 98.2 Å². The van der Waals surface area contributed by atoms with E-state index in [-0.39, 0.29) is 30.3 Å². The summed E-state index contributed by atoms with van der Waals surface area (Å²) < 4.78 is 0. The van der Waals surface area contributed by atoms with Crippen LogP contribution < -0.4 is 16.8 Å². The van der Waals surface area contributed by atoms with Gasteiger partial charge < -0.3 is 16.8 Å². The summed E-state index contributed by atoms with van der Waals surface area (Å²) in [6, 6.07) is 6.85. The molecule has 0 aromatic heterocycles. The maximum absolute atomic E-state index is 12.2. The summed E-state index contributed by atoms with van der Waals surface area (Å²) in [4.78, 5) is 23.5. The average molecular weight is 298 g/mol. The van der Waals surface area contributed by atoms with Crippen molar-refractivity contribution >= 4 is 29.9 Å². The smallest absolute Gasteiger partial charge is 0.250 e. The highest BCUT2D eigenvalue weighted by molar-refractivity contribution is 6.03. The third kappa shape index (κ3) is 3.95. The molecule has 0 spiro atoms. The number of hydrogen-bond acceptors (Lipinski definition) is 3. The van der Waals surface area contributed by atoms with Crippen LogP contribution in [0.1, 0.15) is 36.0 Å². The second-order valence-electron chi connectivity index (χ2n) is 5.02. The van der Waals surface area contributed by atoms with Gasteiger partial charge in [0.25, 0.3) is 5.91 Å². The van der Waals surface area contributed by atoms with E-state index < -0.39 is 5.91 Å². The van der Waals surface area contributed by atoms with Gasteiger partial charge in [0.15, 0.2) is 0 Å². The van der Waals surface area contributed by atoms with Crippen molar-refractivity contribution in [2.45, 2.75) is 31.7 Å². The lowest BCUT2D eigenvalue weighted by Crippen LogP contribution is -2.34. The molecule has 1 aromatic carbocycles. The molecule has 0 heterocycles. The fourth-order valence-corrected chi connectivity index (χ4v) is 2.51. The van der Waals surface area contributed by atoms with Gasteiger partial charge in [0.05, 0.1) is 11.3 Å². The number of nitrogens with one attached hydrogen (secondary N) is 1. The summed E-state index contributed by atoms with van der Waals surface area (Å²) in [6.45, 7) is 0. The van der Waals surface area contributed by atoms with Crippen molar-refractivity contribution in [1.29, 1.82) is 0 Å². The third-order valence-electron chi connectivity index (χ3n) is 3.54. The van der Waals surface area contributed by atoms with Crippen LogP contribution in [0.3, 0.4) is 0 Å². The van der Waals surface area contributed by atoms with Crippen LogP contribution >= 0.6 is 12.4 Å². The Bertz CT molecular complexity index is 493. The van der Waals surface area contributed by atoms with Gasteiger partial charge >= 0.3 is 0 Å². The second kappa shape index (κ2) is 7.26. The molecule has 0 saturated heterocycles. The van der Waals surface area contributed by atoms with Gasteiger partial charge in [-0.15, -0.1) is 12.4 Å². The van der Waals surface area contributed by atoms with Gasteiger partial charge in [-0.1, -0.05) is 18.6 Å². The van der Waals surface area contributed by atoms with Crippen molar-refractivity contribution in [1.82, 2.24) is 0 Å². The van der Waals surface area contributed by atoms with E-state index in [9.17, 15) is 9.59 Å². The molecule has 5 nitrogen and oxygen atoms in total. The molecular formula is C14H20ClN3O2. The lowest BCUT2D eigenvalue weighted by molar-refractivity contribution is -0.120. The first kappa shape index (κ1) is 16.5. The quantitative estimate of drug-likeness (QED) is 0.791. The number of nitrogens with two attached hydrogens (primary N) is 2. The minimum atomic E-state index is -0.545. The fourth-order valence-electron chi connectivity index (χ4n) is 2.51. The Kier molecular flexibility index (Phi) is 5.98. The Morgan fingerprint density at radius 2 is 1.90 bits per heavy atom. The normalized spacial score (nSPS) is 21.6. The molecule has 0 aliphatic heterocycles. The standard InChI is InChI=1S/C14H19N3O2.ClH/c15-10-5-3-4-9(8-10)14(19)17-12-7-2-1-6-11(12)13(16)18;/h1-2,6-7,9-10H,3-5,8,15H2,(H2,16,18)(H,17,19);1H. The first-order valence-corrected chi connectivity index (χ1v) is 6.53. The number of hydrogen-bond donors (Lipinski definition) is 3. The molecule has 5 N–H and O–H groups in total. The number of halogens is 1. The minimum Gasteiger partial charge on any atom is -0.366 e. The van der Waals surface area contributed by atoms with Crippen LogP contribution in [0.15, 0.2) is 24.3 Å². The Balaban J connectivity index is 0.00000200. The average Bonchev–Trinajstić information content (AvgIpc) is 2.39. The summed E-state index contributed by atoms with van der Waals surface area (Å²) in [6.07, 6.45) is 3.49. The molecule has 1 aliphatic rings. The van der Waals surface area contributed by atoms with Gasteiger partial charge in [-0.05, 0) is 31.4 Å². The van der Waals surface area contributed by atoms with Crippen LogP contribution in [0.5, 0.6) is 0 Å². The first-order valence-electron chi connectivity index (χ1n) is 6.53. The highest BCUT2D eigenvalue weighted by atomic mass is 35.5. The summed E-state index contributed by atoms with van der Waals surface area (Å²) in [7, 11) is 0. The monoisotopic (exact) mass is 297 g/mol. The molecule has 1 fully saturated rings. The predicted molar refractivity (Wildman–Crippen MR) is 80.8 cm³/mol. The van der Waals surface area contributed by atoms with Crippen molar-refractivity contribution in [2.24, 2.45) is 17.4 Å². The highest BCUT2D eigenvalue weighted by Gasteiger charge is 2.25. The maximum Gasteiger partial charge on any atom is 0.250 e. The van der Waals surface area contributed by atoms with Crippen LogP contribution in [-0.2, 0) is 4.79 Å². The number of para-hydroxylation sites is 1. The van der Waals surface area contributed by atoms with Crippen molar-refractivity contribution in [3.63, 3.8) is 0 Å². The number of primary amides is 1. The van der Waals surface area contributed by atoms with E-state index in [4.69, 9.17) is 11.5 Å². The zero-order valence-corrected chi connectivity index (χ0v) is 12.0. The van der Waals surface area contributed by atoms with Crippen LogP contribution in [0.25, 0.3) is 0 Å². The van der Waals surface area contributed by atoms with Crippen LogP contribution in [-0.4, -0.2) is 17.9 Å². The molecule has 2 amide bonds. The third-order valence-corrected chi connectivity index (χ3v) is 3.54. The SMILES string of the molecule is Cl.NC(=O)c1ccccc1NC(=O)C1CCCC(N)C1. The van der Waals surface area contributed by atoms with E-state index in [1.807, 2.05) is 0 Å². The Hall–Kier alpha value is -1.59.